The first-order chi connectivity index (χ1) is 13.4. The van der Waals surface area contributed by atoms with Crippen LogP contribution < -0.4 is 20.2 Å². The zero-order valence-corrected chi connectivity index (χ0v) is 16.7. The highest BCUT2D eigenvalue weighted by Crippen LogP contribution is 2.23. The van der Waals surface area contributed by atoms with Gasteiger partial charge in [0.15, 0.2) is 6.61 Å². The van der Waals surface area contributed by atoms with E-state index in [0.29, 0.717) is 27.9 Å². The van der Waals surface area contributed by atoms with Crippen LogP contribution in [0.15, 0.2) is 47.6 Å². The van der Waals surface area contributed by atoms with Gasteiger partial charge in [0.1, 0.15) is 11.5 Å². The van der Waals surface area contributed by atoms with Gasteiger partial charge in [-0.05, 0) is 43.7 Å². The molecule has 2 aromatic carbocycles. The lowest BCUT2D eigenvalue weighted by molar-refractivity contribution is -0.123. The molecule has 0 atom stereocenters. The minimum absolute atomic E-state index is 0.0307. The van der Waals surface area contributed by atoms with Gasteiger partial charge < -0.3 is 14.8 Å². The van der Waals surface area contributed by atoms with Crippen molar-refractivity contribution in [1.82, 2.24) is 5.43 Å². The van der Waals surface area contributed by atoms with Crippen LogP contribution in [0.5, 0.6) is 11.5 Å². The van der Waals surface area contributed by atoms with Gasteiger partial charge in [0.2, 0.25) is 5.91 Å². The summed E-state index contributed by atoms with van der Waals surface area (Å²) >= 11 is 6.04. The van der Waals surface area contributed by atoms with Crippen molar-refractivity contribution in [1.29, 1.82) is 0 Å². The zero-order chi connectivity index (χ0) is 20.5. The van der Waals surface area contributed by atoms with Gasteiger partial charge in [-0.1, -0.05) is 23.7 Å². The summed E-state index contributed by atoms with van der Waals surface area (Å²) in [5.41, 5.74) is 4.24. The highest BCUT2D eigenvalue weighted by atomic mass is 35.5. The predicted octanol–water partition coefficient (Wildman–Crippen LogP) is 3.56. The van der Waals surface area contributed by atoms with Gasteiger partial charge in [0.05, 0.1) is 13.5 Å². The molecule has 8 heteroatoms. The van der Waals surface area contributed by atoms with Crippen LogP contribution in [-0.4, -0.2) is 31.2 Å². The molecule has 0 bridgehead atoms. The molecule has 0 heterocycles. The van der Waals surface area contributed by atoms with Crippen molar-refractivity contribution in [3.63, 3.8) is 0 Å². The quantitative estimate of drug-likeness (QED) is 0.521. The molecule has 2 amide bonds. The summed E-state index contributed by atoms with van der Waals surface area (Å²) in [6.07, 6.45) is 0.0307. The van der Waals surface area contributed by atoms with Crippen molar-refractivity contribution in [3.8, 4) is 11.5 Å². The lowest BCUT2D eigenvalue weighted by Gasteiger charge is -2.09. The van der Waals surface area contributed by atoms with Gasteiger partial charge in [-0.2, -0.15) is 5.10 Å². The maximum atomic E-state index is 12.1. The van der Waals surface area contributed by atoms with Crippen LogP contribution in [0.25, 0.3) is 0 Å². The molecule has 0 spiro atoms. The minimum Gasteiger partial charge on any atom is -0.497 e. The van der Waals surface area contributed by atoms with Crippen LogP contribution in [0.2, 0.25) is 5.02 Å². The number of carbonyl (C=O) groups is 2. The van der Waals surface area contributed by atoms with Crippen LogP contribution in [0.1, 0.15) is 18.9 Å². The minimum atomic E-state index is -0.437. The largest absolute Gasteiger partial charge is 0.497 e. The number of nitrogens with zero attached hydrogens (tertiary/aromatic N) is 1. The van der Waals surface area contributed by atoms with Crippen LogP contribution in [0.3, 0.4) is 0 Å². The number of methoxy groups -OCH3 is 1. The van der Waals surface area contributed by atoms with Gasteiger partial charge in [0, 0.05) is 22.5 Å². The second kappa shape index (κ2) is 10.3. The average molecular weight is 404 g/mol. The van der Waals surface area contributed by atoms with Crippen LogP contribution >= 0.6 is 11.6 Å². The van der Waals surface area contributed by atoms with E-state index in [1.54, 1.807) is 56.5 Å². The molecule has 0 saturated carbocycles. The van der Waals surface area contributed by atoms with Gasteiger partial charge in [0.25, 0.3) is 5.91 Å². The second-order valence-corrected chi connectivity index (χ2v) is 6.39. The van der Waals surface area contributed by atoms with Gasteiger partial charge in [-0.3, -0.25) is 9.59 Å². The van der Waals surface area contributed by atoms with E-state index < -0.39 is 5.91 Å². The summed E-state index contributed by atoms with van der Waals surface area (Å²) in [4.78, 5) is 24.0. The van der Waals surface area contributed by atoms with Crippen molar-refractivity contribution in [2.45, 2.75) is 20.3 Å². The number of carbonyl (C=O) groups excluding carboxylic acids is 2. The molecular weight excluding hydrogens is 382 g/mol. The van der Waals surface area contributed by atoms with E-state index in [1.165, 1.54) is 0 Å². The van der Waals surface area contributed by atoms with Crippen LogP contribution in [-0.2, 0) is 9.59 Å². The van der Waals surface area contributed by atoms with Crippen LogP contribution in [0.4, 0.5) is 5.69 Å². The Morgan fingerprint density at radius 2 is 1.82 bits per heavy atom. The molecule has 2 rings (SSSR count). The van der Waals surface area contributed by atoms with Crippen molar-refractivity contribution in [2.75, 3.05) is 19.0 Å². The molecular formula is C20H22ClN3O4. The SMILES string of the molecule is COc1cccc(OCC(=O)N/N=C(\C)CC(=O)Nc2cccc(Cl)c2C)c1. The number of nitrogens with one attached hydrogen (secondary N) is 2. The molecule has 0 fully saturated rings. The Hall–Kier alpha value is -3.06. The molecule has 0 aromatic heterocycles. The Bertz CT molecular complexity index is 884. The second-order valence-electron chi connectivity index (χ2n) is 5.99. The molecule has 148 valence electrons. The Labute approximate surface area is 168 Å². The van der Waals surface area contributed by atoms with Gasteiger partial charge in [-0.25, -0.2) is 5.43 Å². The van der Waals surface area contributed by atoms with Crippen molar-refractivity contribution in [2.24, 2.45) is 5.10 Å². The maximum Gasteiger partial charge on any atom is 0.277 e. The Balaban J connectivity index is 1.80. The maximum absolute atomic E-state index is 12.1. The Morgan fingerprint density at radius 3 is 2.57 bits per heavy atom. The van der Waals surface area contributed by atoms with E-state index in [1.807, 2.05) is 6.92 Å². The van der Waals surface area contributed by atoms with Crippen molar-refractivity contribution < 1.29 is 19.1 Å². The lowest BCUT2D eigenvalue weighted by atomic mass is 10.2. The summed E-state index contributed by atoms with van der Waals surface area (Å²) in [6.45, 7) is 3.26. The molecule has 0 unspecified atom stereocenters. The molecule has 0 aliphatic rings. The van der Waals surface area contributed by atoms with Gasteiger partial charge in [-0.15, -0.1) is 0 Å². The third-order valence-electron chi connectivity index (χ3n) is 3.74. The predicted molar refractivity (Wildman–Crippen MR) is 109 cm³/mol. The summed E-state index contributed by atoms with van der Waals surface area (Å²) in [5.74, 6) is 0.445. The monoisotopic (exact) mass is 403 g/mol. The van der Waals surface area contributed by atoms with E-state index in [-0.39, 0.29) is 18.9 Å². The van der Waals surface area contributed by atoms with Crippen molar-refractivity contribution in [3.05, 3.63) is 53.1 Å². The zero-order valence-electron chi connectivity index (χ0n) is 15.9. The molecule has 0 radical (unpaired) electrons. The van der Waals surface area contributed by atoms with Gasteiger partial charge >= 0.3 is 0 Å². The summed E-state index contributed by atoms with van der Waals surface area (Å²) in [6, 6.07) is 12.2. The van der Waals surface area contributed by atoms with Crippen molar-refractivity contribution >= 4 is 34.8 Å². The number of hydrogen-bond donors (Lipinski definition) is 2. The third-order valence-corrected chi connectivity index (χ3v) is 4.15. The summed E-state index contributed by atoms with van der Waals surface area (Å²) in [5, 5.41) is 7.27. The fourth-order valence-corrected chi connectivity index (χ4v) is 2.41. The Morgan fingerprint density at radius 1 is 1.11 bits per heavy atom. The smallest absolute Gasteiger partial charge is 0.277 e. The first-order valence-electron chi connectivity index (χ1n) is 8.53. The first-order valence-corrected chi connectivity index (χ1v) is 8.90. The average Bonchev–Trinajstić information content (AvgIpc) is 2.68. The fourth-order valence-electron chi connectivity index (χ4n) is 2.24. The number of benzene rings is 2. The van der Waals surface area contributed by atoms with E-state index in [9.17, 15) is 9.59 Å². The topological polar surface area (TPSA) is 89.0 Å². The van der Waals surface area contributed by atoms with E-state index in [4.69, 9.17) is 21.1 Å². The standard InChI is InChI=1S/C20H22ClN3O4/c1-13(10-19(25)22-18-9-5-8-17(21)14(18)2)23-24-20(26)12-28-16-7-4-6-15(11-16)27-3/h4-9,11H,10,12H2,1-3H3,(H,22,25)(H,24,26)/b23-13+. The molecule has 2 aromatic rings. The number of rotatable bonds is 8. The number of hydrogen-bond acceptors (Lipinski definition) is 5. The van der Waals surface area contributed by atoms with E-state index in [0.717, 1.165) is 5.56 Å². The number of amides is 2. The third kappa shape index (κ3) is 6.59. The molecule has 0 saturated heterocycles. The molecule has 2 N–H and O–H groups in total. The summed E-state index contributed by atoms with van der Waals surface area (Å²) < 4.78 is 10.5. The van der Waals surface area contributed by atoms with E-state index >= 15 is 0 Å². The Kier molecular flexibility index (Phi) is 7.83. The highest BCUT2D eigenvalue weighted by Gasteiger charge is 2.09. The number of anilines is 1. The summed E-state index contributed by atoms with van der Waals surface area (Å²) in [7, 11) is 1.55. The fraction of sp³-hybridized carbons (Fsp3) is 0.250. The molecule has 28 heavy (non-hydrogen) atoms. The number of hydrazone groups is 1. The molecule has 0 aliphatic carbocycles. The normalized spacial score (nSPS) is 10.9. The lowest BCUT2D eigenvalue weighted by Crippen LogP contribution is -2.26. The number of halogens is 1. The number of ether oxygens (including phenoxy) is 2. The molecule has 0 aliphatic heterocycles. The molecule has 7 nitrogen and oxygen atoms in total. The highest BCUT2D eigenvalue weighted by molar-refractivity contribution is 6.31. The van der Waals surface area contributed by atoms with Crippen LogP contribution in [0, 0.1) is 6.92 Å². The van der Waals surface area contributed by atoms with E-state index in [2.05, 4.69) is 15.8 Å². The first kappa shape index (κ1) is 21.2.